The molecule has 0 fully saturated rings. The molecule has 0 radical (unpaired) electrons. The number of pyridine rings is 1. The van der Waals surface area contributed by atoms with Crippen LogP contribution in [0.2, 0.25) is 0 Å². The van der Waals surface area contributed by atoms with E-state index in [9.17, 15) is 10.1 Å². The van der Waals surface area contributed by atoms with Gasteiger partial charge in [0.15, 0.2) is 0 Å². The zero-order chi connectivity index (χ0) is 16.4. The number of fused-ring (bicyclic) bond motifs is 1. The van der Waals surface area contributed by atoms with Crippen molar-refractivity contribution >= 4 is 11.4 Å². The minimum atomic E-state index is -0.122. The maximum Gasteiger partial charge on any atom is 0.213 e. The molecule has 0 amide bonds. The average molecular weight is 305 g/mol. The Bertz CT molecular complexity index is 921. The van der Waals surface area contributed by atoms with Crippen LogP contribution in [-0.4, -0.2) is 22.3 Å². The maximum atomic E-state index is 12.7. The molecule has 3 aromatic rings. The van der Waals surface area contributed by atoms with Crippen LogP contribution in [0.3, 0.4) is 0 Å². The minimum absolute atomic E-state index is 0.122. The molecule has 0 unspecified atom stereocenters. The predicted molar refractivity (Wildman–Crippen MR) is 85.7 cm³/mol. The molecule has 0 N–H and O–H groups in total. The number of hydrogen-bond acceptors (Lipinski definition) is 4. The van der Waals surface area contributed by atoms with Gasteiger partial charge in [0.05, 0.1) is 12.8 Å². The number of hydrogen-bond donors (Lipinski definition) is 0. The molecule has 1 aromatic carbocycles. The van der Waals surface area contributed by atoms with Crippen molar-refractivity contribution in [3.8, 4) is 11.8 Å². The van der Waals surface area contributed by atoms with Gasteiger partial charge >= 0.3 is 0 Å². The van der Waals surface area contributed by atoms with Crippen LogP contribution in [0.4, 0.5) is 0 Å². The van der Waals surface area contributed by atoms with Crippen LogP contribution in [0, 0.1) is 11.3 Å². The molecule has 114 valence electrons. The number of carbonyl (C=O) groups excluding carboxylic acids is 1. The summed E-state index contributed by atoms with van der Waals surface area (Å²) < 4.78 is 7.00. The minimum Gasteiger partial charge on any atom is -0.495 e. The molecule has 0 saturated heterocycles. The van der Waals surface area contributed by atoms with Crippen LogP contribution in [-0.2, 0) is 6.42 Å². The van der Waals surface area contributed by atoms with Crippen LogP contribution in [0.25, 0.3) is 5.65 Å². The second-order valence-electron chi connectivity index (χ2n) is 5.05. The van der Waals surface area contributed by atoms with E-state index in [2.05, 4.69) is 11.1 Å². The number of ketones is 1. The molecule has 23 heavy (non-hydrogen) atoms. The number of nitrogens with zero attached hydrogens (tertiary/aromatic N) is 3. The van der Waals surface area contributed by atoms with Gasteiger partial charge in [-0.1, -0.05) is 37.3 Å². The van der Waals surface area contributed by atoms with Gasteiger partial charge in [0.25, 0.3) is 0 Å². The van der Waals surface area contributed by atoms with Crippen LogP contribution >= 0.6 is 0 Å². The SMILES string of the molecule is CCc1c(C(=O)c2ccccc2)nc2cc(OC)c(C#N)cn12. The van der Waals surface area contributed by atoms with Crippen molar-refractivity contribution in [2.75, 3.05) is 7.11 Å². The second kappa shape index (κ2) is 5.93. The third kappa shape index (κ3) is 2.44. The van der Waals surface area contributed by atoms with E-state index >= 15 is 0 Å². The summed E-state index contributed by atoms with van der Waals surface area (Å²) in [4.78, 5) is 17.2. The topological polar surface area (TPSA) is 67.4 Å². The van der Waals surface area contributed by atoms with Crippen molar-refractivity contribution in [3.63, 3.8) is 0 Å². The summed E-state index contributed by atoms with van der Waals surface area (Å²) in [6.07, 6.45) is 2.30. The van der Waals surface area contributed by atoms with E-state index < -0.39 is 0 Å². The van der Waals surface area contributed by atoms with E-state index in [1.807, 2.05) is 25.1 Å². The quantitative estimate of drug-likeness (QED) is 0.695. The zero-order valence-corrected chi connectivity index (χ0v) is 12.9. The number of ether oxygens (including phenoxy) is 1. The first kappa shape index (κ1) is 14.8. The molecule has 0 atom stereocenters. The van der Waals surface area contributed by atoms with E-state index in [0.717, 1.165) is 5.69 Å². The summed E-state index contributed by atoms with van der Waals surface area (Å²) in [6, 6.07) is 12.8. The number of methoxy groups -OCH3 is 1. The summed E-state index contributed by atoms with van der Waals surface area (Å²) in [7, 11) is 1.51. The molecule has 0 aliphatic carbocycles. The van der Waals surface area contributed by atoms with Gasteiger partial charge in [-0.05, 0) is 6.42 Å². The van der Waals surface area contributed by atoms with Crippen molar-refractivity contribution in [3.05, 3.63) is 65.1 Å². The lowest BCUT2D eigenvalue weighted by Crippen LogP contribution is -2.05. The average Bonchev–Trinajstić information content (AvgIpc) is 2.97. The molecule has 5 nitrogen and oxygen atoms in total. The molecule has 0 saturated carbocycles. The Morgan fingerprint density at radius 1 is 1.35 bits per heavy atom. The Kier molecular flexibility index (Phi) is 3.82. The van der Waals surface area contributed by atoms with Crippen molar-refractivity contribution in [1.82, 2.24) is 9.38 Å². The van der Waals surface area contributed by atoms with Crippen molar-refractivity contribution in [2.45, 2.75) is 13.3 Å². The monoisotopic (exact) mass is 305 g/mol. The maximum absolute atomic E-state index is 12.7. The van der Waals surface area contributed by atoms with Gasteiger partial charge < -0.3 is 9.14 Å². The molecular formula is C18H15N3O2. The Morgan fingerprint density at radius 3 is 2.70 bits per heavy atom. The molecule has 0 spiro atoms. The highest BCUT2D eigenvalue weighted by Gasteiger charge is 2.20. The summed E-state index contributed by atoms with van der Waals surface area (Å²) in [6.45, 7) is 1.96. The number of benzene rings is 1. The largest absolute Gasteiger partial charge is 0.495 e. The number of aryl methyl sites for hydroxylation is 1. The van der Waals surface area contributed by atoms with E-state index in [1.54, 1.807) is 28.8 Å². The Labute approximate surface area is 133 Å². The van der Waals surface area contributed by atoms with Gasteiger partial charge in [0.1, 0.15) is 28.7 Å². The third-order valence-electron chi connectivity index (χ3n) is 3.75. The lowest BCUT2D eigenvalue weighted by molar-refractivity contribution is 0.103. The molecule has 0 aliphatic heterocycles. The Hall–Kier alpha value is -3.13. The van der Waals surface area contributed by atoms with E-state index in [1.165, 1.54) is 7.11 Å². The van der Waals surface area contributed by atoms with Crippen molar-refractivity contribution < 1.29 is 9.53 Å². The van der Waals surface area contributed by atoms with Gasteiger partial charge in [0, 0.05) is 17.8 Å². The highest BCUT2D eigenvalue weighted by atomic mass is 16.5. The summed E-state index contributed by atoms with van der Waals surface area (Å²) in [5, 5.41) is 9.24. The molecule has 3 rings (SSSR count). The van der Waals surface area contributed by atoms with Crippen LogP contribution in [0.1, 0.15) is 34.2 Å². The Morgan fingerprint density at radius 2 is 2.09 bits per heavy atom. The van der Waals surface area contributed by atoms with Gasteiger partial charge in [-0.3, -0.25) is 4.79 Å². The molecule has 0 bridgehead atoms. The smallest absolute Gasteiger partial charge is 0.213 e. The predicted octanol–water partition coefficient (Wildman–Crippen LogP) is 3.01. The van der Waals surface area contributed by atoms with Crippen molar-refractivity contribution in [1.29, 1.82) is 5.26 Å². The first-order chi connectivity index (χ1) is 11.2. The zero-order valence-electron chi connectivity index (χ0n) is 12.9. The molecule has 2 heterocycles. The molecule has 5 heteroatoms. The normalized spacial score (nSPS) is 10.5. The highest BCUT2D eigenvalue weighted by molar-refractivity contribution is 6.08. The third-order valence-corrected chi connectivity index (χ3v) is 3.75. The number of aromatic nitrogens is 2. The number of carbonyl (C=O) groups is 1. The van der Waals surface area contributed by atoms with Gasteiger partial charge in [-0.25, -0.2) is 4.98 Å². The van der Waals surface area contributed by atoms with Gasteiger partial charge in [-0.2, -0.15) is 5.26 Å². The fraction of sp³-hybridized carbons (Fsp3) is 0.167. The van der Waals surface area contributed by atoms with Crippen LogP contribution in [0.5, 0.6) is 5.75 Å². The van der Waals surface area contributed by atoms with Crippen LogP contribution < -0.4 is 4.74 Å². The molecule has 2 aromatic heterocycles. The Balaban J connectivity index is 2.22. The van der Waals surface area contributed by atoms with Gasteiger partial charge in [0.2, 0.25) is 5.78 Å². The van der Waals surface area contributed by atoms with Crippen LogP contribution in [0.15, 0.2) is 42.6 Å². The van der Waals surface area contributed by atoms with Crippen molar-refractivity contribution in [2.24, 2.45) is 0 Å². The number of nitriles is 1. The second-order valence-corrected chi connectivity index (χ2v) is 5.05. The lowest BCUT2D eigenvalue weighted by atomic mass is 10.1. The number of rotatable bonds is 4. The van der Waals surface area contributed by atoms with E-state index in [-0.39, 0.29) is 5.78 Å². The number of imidazole rings is 1. The standard InChI is InChI=1S/C18H15N3O2/c1-3-14-17(18(22)12-7-5-4-6-8-12)20-16-9-15(23-2)13(10-19)11-21(14)16/h4-9,11H,3H2,1-2H3. The first-order valence-electron chi connectivity index (χ1n) is 7.28. The molecular weight excluding hydrogens is 290 g/mol. The molecule has 0 aliphatic rings. The lowest BCUT2D eigenvalue weighted by Gasteiger charge is -2.05. The summed E-state index contributed by atoms with van der Waals surface area (Å²) in [5.41, 5.74) is 2.80. The van der Waals surface area contributed by atoms with E-state index in [4.69, 9.17) is 4.74 Å². The van der Waals surface area contributed by atoms with Gasteiger partial charge in [-0.15, -0.1) is 0 Å². The summed E-state index contributed by atoms with van der Waals surface area (Å²) >= 11 is 0. The van der Waals surface area contributed by atoms with E-state index in [0.29, 0.717) is 34.6 Å². The fourth-order valence-corrected chi connectivity index (χ4v) is 2.62. The summed E-state index contributed by atoms with van der Waals surface area (Å²) in [5.74, 6) is 0.329. The first-order valence-corrected chi connectivity index (χ1v) is 7.28. The fourth-order valence-electron chi connectivity index (χ4n) is 2.62. The highest BCUT2D eigenvalue weighted by Crippen LogP contribution is 2.24.